The summed E-state index contributed by atoms with van der Waals surface area (Å²) in [5.74, 6) is -0.183. The highest BCUT2D eigenvalue weighted by Crippen LogP contribution is 2.25. The molecular weight excluding hydrogens is 466 g/mol. The average molecular weight is 488 g/mol. The fraction of sp³-hybridized carbons (Fsp3) is 0.148. The van der Waals surface area contributed by atoms with E-state index in [1.54, 1.807) is 37.0 Å². The van der Waals surface area contributed by atoms with Gasteiger partial charge in [0.25, 0.3) is 5.56 Å². The molecule has 5 aromatic rings. The molecule has 3 aromatic heterocycles. The smallest absolute Gasteiger partial charge is 0.267 e. The van der Waals surface area contributed by atoms with Crippen LogP contribution >= 0.6 is 0 Å². The van der Waals surface area contributed by atoms with Crippen LogP contribution in [0.3, 0.4) is 0 Å². The summed E-state index contributed by atoms with van der Waals surface area (Å²) >= 11 is 0. The van der Waals surface area contributed by atoms with E-state index in [4.69, 9.17) is 9.47 Å². The minimum atomic E-state index is -0.581. The van der Waals surface area contributed by atoms with Crippen LogP contribution in [-0.4, -0.2) is 26.3 Å². The molecule has 0 saturated heterocycles. The molecule has 0 amide bonds. The van der Waals surface area contributed by atoms with Crippen molar-refractivity contribution < 1.29 is 18.3 Å². The number of halogens is 2. The van der Waals surface area contributed by atoms with E-state index in [0.29, 0.717) is 22.7 Å². The lowest BCUT2D eigenvalue weighted by atomic mass is 10.1. The molecule has 9 heteroatoms. The highest BCUT2D eigenvalue weighted by atomic mass is 19.1. The van der Waals surface area contributed by atoms with Crippen LogP contribution < -0.4 is 15.0 Å². The Labute approximate surface area is 205 Å². The van der Waals surface area contributed by atoms with Gasteiger partial charge in [0.15, 0.2) is 11.4 Å². The predicted molar refractivity (Wildman–Crippen MR) is 131 cm³/mol. The quantitative estimate of drug-likeness (QED) is 0.335. The summed E-state index contributed by atoms with van der Waals surface area (Å²) in [6, 6.07) is 15.7. The van der Waals surface area contributed by atoms with E-state index in [9.17, 15) is 13.6 Å². The van der Waals surface area contributed by atoms with Crippen molar-refractivity contribution in [2.75, 3.05) is 7.11 Å². The highest BCUT2D eigenvalue weighted by molar-refractivity contribution is 5.66. The lowest BCUT2D eigenvalue weighted by molar-refractivity contribution is 0.300. The van der Waals surface area contributed by atoms with Gasteiger partial charge in [-0.3, -0.25) is 9.20 Å². The van der Waals surface area contributed by atoms with Gasteiger partial charge in [0, 0.05) is 23.5 Å². The summed E-state index contributed by atoms with van der Waals surface area (Å²) in [4.78, 5) is 18.1. The van der Waals surface area contributed by atoms with E-state index in [2.05, 4.69) is 10.1 Å². The molecule has 0 N–H and O–H groups in total. The number of methoxy groups -OCH3 is 1. The maximum absolute atomic E-state index is 14.0. The summed E-state index contributed by atoms with van der Waals surface area (Å²) in [7, 11) is 1.60. The number of hydrogen-bond donors (Lipinski definition) is 0. The Bertz CT molecular complexity index is 1660. The minimum absolute atomic E-state index is 0.0613. The van der Waals surface area contributed by atoms with E-state index in [-0.39, 0.29) is 29.1 Å². The number of rotatable bonds is 6. The second-order valence-corrected chi connectivity index (χ2v) is 8.25. The number of pyridine rings is 1. The van der Waals surface area contributed by atoms with E-state index < -0.39 is 11.6 Å². The molecule has 0 fully saturated rings. The van der Waals surface area contributed by atoms with Gasteiger partial charge in [-0.1, -0.05) is 6.07 Å². The third kappa shape index (κ3) is 4.19. The van der Waals surface area contributed by atoms with Crippen LogP contribution in [0.2, 0.25) is 0 Å². The third-order valence-electron chi connectivity index (χ3n) is 5.83. The van der Waals surface area contributed by atoms with Crippen molar-refractivity contribution in [2.24, 2.45) is 0 Å². The molecule has 2 aromatic carbocycles. The molecule has 3 heterocycles. The predicted octanol–water partition coefficient (Wildman–Crippen LogP) is 5.03. The van der Waals surface area contributed by atoms with Crippen molar-refractivity contribution in [3.63, 3.8) is 0 Å². The first-order valence-corrected chi connectivity index (χ1v) is 11.2. The molecule has 0 aliphatic rings. The Morgan fingerprint density at radius 1 is 1.00 bits per heavy atom. The van der Waals surface area contributed by atoms with E-state index >= 15 is 0 Å². The zero-order valence-electron chi connectivity index (χ0n) is 19.8. The molecule has 0 aliphatic heterocycles. The Morgan fingerprint density at radius 2 is 1.83 bits per heavy atom. The van der Waals surface area contributed by atoms with Gasteiger partial charge in [0.2, 0.25) is 0 Å². The van der Waals surface area contributed by atoms with Gasteiger partial charge >= 0.3 is 0 Å². The summed E-state index contributed by atoms with van der Waals surface area (Å²) in [5, 5.41) is 4.67. The van der Waals surface area contributed by atoms with Crippen LogP contribution in [0, 0.1) is 25.5 Å². The number of nitrogens with zero attached hydrogens (tertiary/aromatic N) is 4. The van der Waals surface area contributed by atoms with E-state index in [1.165, 1.54) is 4.40 Å². The van der Waals surface area contributed by atoms with Gasteiger partial charge in [0.1, 0.15) is 29.7 Å². The molecule has 5 rings (SSSR count). The maximum atomic E-state index is 14.0. The molecule has 0 aliphatic carbocycles. The molecule has 7 nitrogen and oxygen atoms in total. The SMILES string of the molecule is COc1cccc(-n2nc(-c3c(C)nc4c(OCc5cc(F)ccc5F)cccn4c3=O)cc2C)c1. The first kappa shape index (κ1) is 23.2. The topological polar surface area (TPSA) is 70.7 Å². The zero-order chi connectivity index (χ0) is 25.4. The molecule has 36 heavy (non-hydrogen) atoms. The summed E-state index contributed by atoms with van der Waals surface area (Å²) < 4.78 is 41.7. The number of ether oxygens (including phenoxy) is 2. The molecule has 0 saturated carbocycles. The van der Waals surface area contributed by atoms with Crippen LogP contribution in [0.15, 0.2) is 71.7 Å². The monoisotopic (exact) mass is 488 g/mol. The Hall–Kier alpha value is -4.53. The number of fused-ring (bicyclic) bond motifs is 1. The van der Waals surface area contributed by atoms with Crippen molar-refractivity contribution in [1.82, 2.24) is 19.2 Å². The summed E-state index contributed by atoms with van der Waals surface area (Å²) in [5.41, 5.74) is 2.92. The summed E-state index contributed by atoms with van der Waals surface area (Å²) in [6.45, 7) is 3.40. The molecular formula is C27H22F2N4O3. The van der Waals surface area contributed by atoms with Crippen molar-refractivity contribution in [3.05, 3.63) is 106 Å². The lowest BCUT2D eigenvalue weighted by Gasteiger charge is -2.12. The molecule has 0 radical (unpaired) electrons. The second kappa shape index (κ2) is 9.26. The van der Waals surface area contributed by atoms with E-state index in [0.717, 1.165) is 29.6 Å². The number of aryl methyl sites for hydroxylation is 2. The first-order valence-electron chi connectivity index (χ1n) is 11.2. The van der Waals surface area contributed by atoms with E-state index in [1.807, 2.05) is 37.3 Å². The molecule has 182 valence electrons. The van der Waals surface area contributed by atoms with Crippen LogP contribution in [0.1, 0.15) is 17.0 Å². The third-order valence-corrected chi connectivity index (χ3v) is 5.83. The molecule has 0 unspecified atom stereocenters. The Kier molecular flexibility index (Phi) is 5.97. The average Bonchev–Trinajstić information content (AvgIpc) is 3.25. The second-order valence-electron chi connectivity index (χ2n) is 8.25. The maximum Gasteiger partial charge on any atom is 0.267 e. The van der Waals surface area contributed by atoms with Crippen molar-refractivity contribution in [2.45, 2.75) is 20.5 Å². The van der Waals surface area contributed by atoms with Gasteiger partial charge < -0.3 is 9.47 Å². The fourth-order valence-electron chi connectivity index (χ4n) is 4.06. The van der Waals surface area contributed by atoms with Crippen LogP contribution in [0.5, 0.6) is 11.5 Å². The van der Waals surface area contributed by atoms with Gasteiger partial charge in [-0.25, -0.2) is 18.4 Å². The first-order chi connectivity index (χ1) is 17.4. The highest BCUT2D eigenvalue weighted by Gasteiger charge is 2.19. The van der Waals surface area contributed by atoms with Crippen LogP contribution in [0.4, 0.5) is 8.78 Å². The van der Waals surface area contributed by atoms with Gasteiger partial charge in [-0.2, -0.15) is 5.10 Å². The number of hydrogen-bond acceptors (Lipinski definition) is 5. The molecule has 0 spiro atoms. The fourth-order valence-corrected chi connectivity index (χ4v) is 4.06. The number of aromatic nitrogens is 4. The molecule has 0 bridgehead atoms. The Balaban J connectivity index is 1.54. The Morgan fingerprint density at radius 3 is 2.64 bits per heavy atom. The normalized spacial score (nSPS) is 11.1. The standard InChI is InChI=1S/C27H22F2N4O3/c1-16-12-23(31-33(16)20-6-4-7-21(14-20)35-3)25-17(2)30-26-24(8-5-11-32(26)27(25)34)36-15-18-13-19(28)9-10-22(18)29/h4-14H,15H2,1-3H3. The lowest BCUT2D eigenvalue weighted by Crippen LogP contribution is -2.19. The van der Waals surface area contributed by atoms with Crippen LogP contribution in [-0.2, 0) is 6.61 Å². The number of benzene rings is 2. The van der Waals surface area contributed by atoms with Gasteiger partial charge in [0.05, 0.1) is 24.1 Å². The van der Waals surface area contributed by atoms with Crippen LogP contribution in [0.25, 0.3) is 22.6 Å². The van der Waals surface area contributed by atoms with Crippen molar-refractivity contribution >= 4 is 5.65 Å². The minimum Gasteiger partial charge on any atom is -0.497 e. The van der Waals surface area contributed by atoms with Crippen molar-refractivity contribution in [3.8, 4) is 28.4 Å². The van der Waals surface area contributed by atoms with Gasteiger partial charge in [-0.15, -0.1) is 0 Å². The largest absolute Gasteiger partial charge is 0.497 e. The summed E-state index contributed by atoms with van der Waals surface area (Å²) in [6.07, 6.45) is 1.58. The van der Waals surface area contributed by atoms with Gasteiger partial charge in [-0.05, 0) is 62.4 Å². The van der Waals surface area contributed by atoms with Crippen molar-refractivity contribution in [1.29, 1.82) is 0 Å². The molecule has 0 atom stereocenters. The zero-order valence-corrected chi connectivity index (χ0v) is 19.8.